The SMILES string of the molecule is CC1=C(C(=O)O[C@H]2CCC[C@@H](C)C2)[C@H](c2ccc3c(c2)OCO3)NC(=O)N1. The molecule has 0 saturated heterocycles. The van der Waals surface area contributed by atoms with E-state index in [2.05, 4.69) is 17.6 Å². The van der Waals surface area contributed by atoms with Crippen LogP contribution < -0.4 is 20.1 Å². The highest BCUT2D eigenvalue weighted by Gasteiger charge is 2.34. The molecule has 27 heavy (non-hydrogen) atoms. The predicted molar refractivity (Wildman–Crippen MR) is 97.2 cm³/mol. The predicted octanol–water partition coefficient (Wildman–Crippen LogP) is 3.17. The third kappa shape index (κ3) is 3.59. The lowest BCUT2D eigenvalue weighted by atomic mass is 9.88. The van der Waals surface area contributed by atoms with Gasteiger partial charge in [0.25, 0.3) is 0 Å². The zero-order chi connectivity index (χ0) is 19.0. The van der Waals surface area contributed by atoms with Gasteiger partial charge in [-0.3, -0.25) is 0 Å². The van der Waals surface area contributed by atoms with Gasteiger partial charge in [0.05, 0.1) is 11.6 Å². The van der Waals surface area contributed by atoms with Crippen LogP contribution in [0.1, 0.15) is 51.1 Å². The molecule has 144 valence electrons. The van der Waals surface area contributed by atoms with Crippen LogP contribution in [0.5, 0.6) is 11.5 Å². The van der Waals surface area contributed by atoms with E-state index < -0.39 is 6.04 Å². The maximum atomic E-state index is 13.0. The largest absolute Gasteiger partial charge is 0.459 e. The first kappa shape index (κ1) is 17.7. The number of hydrogen-bond donors (Lipinski definition) is 2. The van der Waals surface area contributed by atoms with Crippen LogP contribution in [0.2, 0.25) is 0 Å². The highest BCUT2D eigenvalue weighted by Crippen LogP contribution is 2.37. The van der Waals surface area contributed by atoms with E-state index in [1.54, 1.807) is 19.1 Å². The number of urea groups is 1. The first-order chi connectivity index (χ1) is 13.0. The van der Waals surface area contributed by atoms with Gasteiger partial charge in [-0.1, -0.05) is 19.4 Å². The van der Waals surface area contributed by atoms with E-state index >= 15 is 0 Å². The Balaban J connectivity index is 1.60. The van der Waals surface area contributed by atoms with Gasteiger partial charge in [-0.2, -0.15) is 0 Å². The second kappa shape index (κ2) is 7.13. The quantitative estimate of drug-likeness (QED) is 0.796. The lowest BCUT2D eigenvalue weighted by Crippen LogP contribution is -2.45. The average Bonchev–Trinajstić information content (AvgIpc) is 3.08. The molecule has 0 bridgehead atoms. The molecular weight excluding hydrogens is 348 g/mol. The third-order valence-corrected chi connectivity index (χ3v) is 5.38. The van der Waals surface area contributed by atoms with E-state index in [1.807, 2.05) is 6.07 Å². The summed E-state index contributed by atoms with van der Waals surface area (Å²) >= 11 is 0. The molecule has 1 aliphatic carbocycles. The first-order valence-electron chi connectivity index (χ1n) is 9.40. The molecule has 3 aliphatic rings. The summed E-state index contributed by atoms with van der Waals surface area (Å²) in [6.45, 7) is 4.07. The maximum Gasteiger partial charge on any atom is 0.338 e. The van der Waals surface area contributed by atoms with Gasteiger partial charge in [0.2, 0.25) is 6.79 Å². The van der Waals surface area contributed by atoms with Crippen molar-refractivity contribution in [1.29, 1.82) is 0 Å². The van der Waals surface area contributed by atoms with Crippen molar-refractivity contribution < 1.29 is 23.8 Å². The number of nitrogens with one attached hydrogen (secondary N) is 2. The molecule has 2 heterocycles. The highest BCUT2D eigenvalue weighted by molar-refractivity contribution is 5.95. The van der Waals surface area contributed by atoms with Gasteiger partial charge < -0.3 is 24.8 Å². The molecule has 1 saturated carbocycles. The van der Waals surface area contributed by atoms with Gasteiger partial charge in [0.1, 0.15) is 6.10 Å². The van der Waals surface area contributed by atoms with Crippen molar-refractivity contribution in [2.24, 2.45) is 5.92 Å². The normalized spacial score (nSPS) is 27.0. The molecule has 4 rings (SSSR count). The second-order valence-corrected chi connectivity index (χ2v) is 7.48. The summed E-state index contributed by atoms with van der Waals surface area (Å²) in [6.07, 6.45) is 3.94. The van der Waals surface area contributed by atoms with Gasteiger partial charge in [-0.15, -0.1) is 0 Å². The fourth-order valence-corrected chi connectivity index (χ4v) is 4.01. The molecule has 1 aromatic carbocycles. The fourth-order valence-electron chi connectivity index (χ4n) is 4.01. The molecule has 2 N–H and O–H groups in total. The van der Waals surface area contributed by atoms with E-state index in [0.29, 0.717) is 28.7 Å². The van der Waals surface area contributed by atoms with Gasteiger partial charge in [-0.25, -0.2) is 9.59 Å². The number of fused-ring (bicyclic) bond motifs is 1. The minimum Gasteiger partial charge on any atom is -0.459 e. The summed E-state index contributed by atoms with van der Waals surface area (Å²) in [4.78, 5) is 25.0. The summed E-state index contributed by atoms with van der Waals surface area (Å²) in [5.41, 5.74) is 1.68. The van der Waals surface area contributed by atoms with Gasteiger partial charge in [0, 0.05) is 5.70 Å². The van der Waals surface area contributed by atoms with Crippen molar-refractivity contribution in [2.45, 2.75) is 51.7 Å². The van der Waals surface area contributed by atoms with Crippen LogP contribution in [0.3, 0.4) is 0 Å². The third-order valence-electron chi connectivity index (χ3n) is 5.38. The number of carbonyl (C=O) groups excluding carboxylic acids is 2. The standard InChI is InChI=1S/C20H24N2O5/c1-11-4-3-5-14(8-11)27-19(23)17-12(2)21-20(24)22-18(17)13-6-7-15-16(9-13)26-10-25-15/h6-7,9,11,14,18H,3-5,8,10H2,1-2H3,(H2,21,22,24)/t11-,14+,18+/m1/s1. The lowest BCUT2D eigenvalue weighted by molar-refractivity contribution is -0.146. The van der Waals surface area contributed by atoms with Crippen LogP contribution in [0.4, 0.5) is 4.79 Å². The fraction of sp³-hybridized carbons (Fsp3) is 0.500. The summed E-state index contributed by atoms with van der Waals surface area (Å²) in [5, 5.41) is 5.51. The number of ether oxygens (including phenoxy) is 3. The Morgan fingerprint density at radius 1 is 1.22 bits per heavy atom. The Hall–Kier alpha value is -2.70. The molecule has 1 aromatic rings. The van der Waals surface area contributed by atoms with Crippen LogP contribution >= 0.6 is 0 Å². The van der Waals surface area contributed by atoms with Gasteiger partial charge in [0.15, 0.2) is 11.5 Å². The smallest absolute Gasteiger partial charge is 0.338 e. The second-order valence-electron chi connectivity index (χ2n) is 7.48. The number of amides is 2. The highest BCUT2D eigenvalue weighted by atomic mass is 16.7. The molecule has 0 spiro atoms. The number of benzene rings is 1. The Kier molecular flexibility index (Phi) is 4.68. The number of allylic oxidation sites excluding steroid dienone is 1. The van der Waals surface area contributed by atoms with Crippen molar-refractivity contribution in [2.75, 3.05) is 6.79 Å². The Labute approximate surface area is 158 Å². The number of carbonyl (C=O) groups is 2. The molecule has 0 radical (unpaired) electrons. The molecular formula is C20H24N2O5. The minimum atomic E-state index is -0.596. The van der Waals surface area contributed by atoms with Crippen molar-refractivity contribution in [3.05, 3.63) is 35.0 Å². The number of esters is 1. The average molecular weight is 372 g/mol. The minimum absolute atomic E-state index is 0.0726. The monoisotopic (exact) mass is 372 g/mol. The zero-order valence-corrected chi connectivity index (χ0v) is 15.5. The summed E-state index contributed by atoms with van der Waals surface area (Å²) in [6, 6.07) is 4.46. The summed E-state index contributed by atoms with van der Waals surface area (Å²) in [5.74, 6) is 1.43. The number of rotatable bonds is 3. The van der Waals surface area contributed by atoms with Gasteiger partial charge >= 0.3 is 12.0 Å². The molecule has 2 aliphatic heterocycles. The van der Waals surface area contributed by atoms with Crippen molar-refractivity contribution >= 4 is 12.0 Å². The first-order valence-corrected chi connectivity index (χ1v) is 9.40. The Morgan fingerprint density at radius 2 is 2.04 bits per heavy atom. The van der Waals surface area contributed by atoms with Gasteiger partial charge in [-0.05, 0) is 49.8 Å². The van der Waals surface area contributed by atoms with E-state index in [0.717, 1.165) is 24.8 Å². The van der Waals surface area contributed by atoms with Crippen LogP contribution in [0, 0.1) is 5.92 Å². The summed E-state index contributed by atoms with van der Waals surface area (Å²) in [7, 11) is 0. The molecule has 7 heteroatoms. The molecule has 1 fully saturated rings. The van der Waals surface area contributed by atoms with E-state index in [-0.39, 0.29) is 24.9 Å². The van der Waals surface area contributed by atoms with E-state index in [1.165, 1.54) is 6.42 Å². The van der Waals surface area contributed by atoms with Crippen LogP contribution in [0.15, 0.2) is 29.5 Å². The maximum absolute atomic E-state index is 13.0. The Morgan fingerprint density at radius 3 is 2.85 bits per heavy atom. The topological polar surface area (TPSA) is 85.9 Å². The molecule has 3 atom stereocenters. The van der Waals surface area contributed by atoms with Crippen molar-refractivity contribution in [1.82, 2.24) is 10.6 Å². The molecule has 2 amide bonds. The molecule has 0 aromatic heterocycles. The lowest BCUT2D eigenvalue weighted by Gasteiger charge is -2.31. The molecule has 0 unspecified atom stereocenters. The van der Waals surface area contributed by atoms with Crippen LogP contribution in [0.25, 0.3) is 0 Å². The van der Waals surface area contributed by atoms with Crippen molar-refractivity contribution in [3.8, 4) is 11.5 Å². The summed E-state index contributed by atoms with van der Waals surface area (Å²) < 4.78 is 16.6. The van der Waals surface area contributed by atoms with Crippen LogP contribution in [-0.4, -0.2) is 24.9 Å². The zero-order valence-electron chi connectivity index (χ0n) is 15.5. The van der Waals surface area contributed by atoms with E-state index in [4.69, 9.17) is 14.2 Å². The Bertz CT molecular complexity index is 804. The van der Waals surface area contributed by atoms with Crippen LogP contribution in [-0.2, 0) is 9.53 Å². The van der Waals surface area contributed by atoms with E-state index in [9.17, 15) is 9.59 Å². The molecule has 7 nitrogen and oxygen atoms in total. The van der Waals surface area contributed by atoms with Crippen molar-refractivity contribution in [3.63, 3.8) is 0 Å². The number of hydrogen-bond acceptors (Lipinski definition) is 5.